The first-order chi connectivity index (χ1) is 10.6. The van der Waals surface area contributed by atoms with Gasteiger partial charge >= 0.3 is 0 Å². The fraction of sp³-hybridized carbons (Fsp3) is 0.737. The molecule has 1 aliphatic heterocycles. The van der Waals surface area contributed by atoms with Crippen molar-refractivity contribution in [2.75, 3.05) is 18.0 Å². The highest BCUT2D eigenvalue weighted by Crippen LogP contribution is 2.46. The van der Waals surface area contributed by atoms with Gasteiger partial charge in [-0.3, -0.25) is 4.98 Å². The van der Waals surface area contributed by atoms with Gasteiger partial charge in [0, 0.05) is 18.8 Å². The molecule has 122 valence electrons. The maximum Gasteiger partial charge on any atom is 0.0624 e. The van der Waals surface area contributed by atoms with E-state index in [1.807, 2.05) is 0 Å². The normalized spacial score (nSPS) is 21.4. The molecule has 0 bridgehead atoms. The SMILES string of the molecule is CCc1c(C)nc(C)c(Br)c1N1CCC2(CCCCCC2)C1. The molecule has 22 heavy (non-hydrogen) atoms. The zero-order valence-corrected chi connectivity index (χ0v) is 15.9. The molecule has 1 aliphatic carbocycles. The van der Waals surface area contributed by atoms with Crippen molar-refractivity contribution < 1.29 is 0 Å². The Bertz CT molecular complexity index is 545. The van der Waals surface area contributed by atoms with Gasteiger partial charge in [-0.1, -0.05) is 32.6 Å². The Morgan fingerprint density at radius 2 is 1.73 bits per heavy atom. The Kier molecular flexibility index (Phi) is 4.82. The summed E-state index contributed by atoms with van der Waals surface area (Å²) in [6, 6.07) is 0. The zero-order chi connectivity index (χ0) is 15.7. The van der Waals surface area contributed by atoms with E-state index < -0.39 is 0 Å². The van der Waals surface area contributed by atoms with Gasteiger partial charge in [0.2, 0.25) is 0 Å². The maximum absolute atomic E-state index is 4.72. The summed E-state index contributed by atoms with van der Waals surface area (Å²) in [5.41, 5.74) is 5.80. The van der Waals surface area contributed by atoms with Gasteiger partial charge in [0.15, 0.2) is 0 Å². The average molecular weight is 365 g/mol. The molecule has 1 saturated carbocycles. The highest BCUT2D eigenvalue weighted by atomic mass is 79.9. The summed E-state index contributed by atoms with van der Waals surface area (Å²) in [5.74, 6) is 0. The Morgan fingerprint density at radius 1 is 1.05 bits per heavy atom. The van der Waals surface area contributed by atoms with Crippen molar-refractivity contribution in [3.8, 4) is 0 Å². The fourth-order valence-electron chi connectivity index (χ4n) is 4.61. The lowest BCUT2D eigenvalue weighted by Gasteiger charge is -2.30. The molecule has 0 N–H and O–H groups in total. The third-order valence-corrected chi connectivity index (χ3v) is 6.81. The molecule has 1 spiro atoms. The van der Waals surface area contributed by atoms with Crippen LogP contribution in [-0.2, 0) is 6.42 Å². The molecule has 3 heteroatoms. The molecule has 0 atom stereocenters. The minimum absolute atomic E-state index is 0.589. The van der Waals surface area contributed by atoms with Crippen LogP contribution in [0.25, 0.3) is 0 Å². The van der Waals surface area contributed by atoms with Crippen molar-refractivity contribution in [2.24, 2.45) is 5.41 Å². The van der Waals surface area contributed by atoms with Gasteiger partial charge in [-0.2, -0.15) is 0 Å². The molecule has 3 rings (SSSR count). The second-order valence-corrected chi connectivity index (χ2v) is 8.16. The predicted octanol–water partition coefficient (Wildman–Crippen LogP) is 5.57. The number of aromatic nitrogens is 1. The number of rotatable bonds is 2. The molecule has 1 aromatic heterocycles. The number of pyridine rings is 1. The summed E-state index contributed by atoms with van der Waals surface area (Å²) in [6.07, 6.45) is 11.1. The fourth-order valence-corrected chi connectivity index (χ4v) is 5.19. The number of hydrogen-bond acceptors (Lipinski definition) is 2. The van der Waals surface area contributed by atoms with Gasteiger partial charge in [-0.15, -0.1) is 0 Å². The summed E-state index contributed by atoms with van der Waals surface area (Å²) in [4.78, 5) is 7.38. The van der Waals surface area contributed by atoms with E-state index in [2.05, 4.69) is 41.6 Å². The molecule has 0 aromatic carbocycles. The van der Waals surface area contributed by atoms with Gasteiger partial charge in [0.1, 0.15) is 0 Å². The zero-order valence-electron chi connectivity index (χ0n) is 14.3. The van der Waals surface area contributed by atoms with Gasteiger partial charge in [0.05, 0.1) is 15.9 Å². The lowest BCUT2D eigenvalue weighted by atomic mass is 9.80. The van der Waals surface area contributed by atoms with Crippen LogP contribution in [0.15, 0.2) is 4.47 Å². The first-order valence-electron chi connectivity index (χ1n) is 8.97. The molecule has 0 unspecified atom stereocenters. The molecule has 2 fully saturated rings. The first kappa shape index (κ1) is 16.3. The number of anilines is 1. The van der Waals surface area contributed by atoms with Crippen molar-refractivity contribution in [3.05, 3.63) is 21.4 Å². The number of halogens is 1. The summed E-state index contributed by atoms with van der Waals surface area (Å²) >= 11 is 3.84. The third kappa shape index (κ3) is 2.93. The van der Waals surface area contributed by atoms with Crippen LogP contribution in [0, 0.1) is 19.3 Å². The lowest BCUT2D eigenvalue weighted by Crippen LogP contribution is -2.28. The number of hydrogen-bond donors (Lipinski definition) is 0. The number of nitrogens with zero attached hydrogens (tertiary/aromatic N) is 2. The van der Waals surface area contributed by atoms with E-state index in [1.54, 1.807) is 0 Å². The van der Waals surface area contributed by atoms with Crippen molar-refractivity contribution in [1.29, 1.82) is 0 Å². The quantitative estimate of drug-likeness (QED) is 0.681. The van der Waals surface area contributed by atoms with Crippen LogP contribution in [0.1, 0.15) is 68.8 Å². The Hall–Kier alpha value is -0.570. The van der Waals surface area contributed by atoms with Crippen LogP contribution in [0.2, 0.25) is 0 Å². The van der Waals surface area contributed by atoms with Crippen molar-refractivity contribution in [1.82, 2.24) is 4.98 Å². The van der Waals surface area contributed by atoms with Crippen LogP contribution in [-0.4, -0.2) is 18.1 Å². The van der Waals surface area contributed by atoms with Crippen LogP contribution in [0.4, 0.5) is 5.69 Å². The third-order valence-electron chi connectivity index (χ3n) is 5.86. The van der Waals surface area contributed by atoms with Crippen LogP contribution in [0.3, 0.4) is 0 Å². The smallest absolute Gasteiger partial charge is 0.0624 e. The second kappa shape index (κ2) is 6.51. The molecule has 2 aliphatic rings. The summed E-state index contributed by atoms with van der Waals surface area (Å²) < 4.78 is 1.22. The van der Waals surface area contributed by atoms with Crippen molar-refractivity contribution >= 4 is 21.6 Å². The molecule has 1 saturated heterocycles. The highest BCUT2D eigenvalue weighted by molar-refractivity contribution is 9.10. The molecule has 2 nitrogen and oxygen atoms in total. The van der Waals surface area contributed by atoms with E-state index in [-0.39, 0.29) is 0 Å². The standard InChI is InChI=1S/C19H29BrN2/c1-4-16-14(2)21-15(3)17(20)18(16)22-12-11-19(13-22)9-7-5-6-8-10-19/h4-13H2,1-3H3. The highest BCUT2D eigenvalue weighted by Gasteiger charge is 2.39. The lowest BCUT2D eigenvalue weighted by molar-refractivity contribution is 0.280. The van der Waals surface area contributed by atoms with E-state index >= 15 is 0 Å². The Labute approximate surface area is 143 Å². The topological polar surface area (TPSA) is 16.1 Å². The van der Waals surface area contributed by atoms with Crippen LogP contribution >= 0.6 is 15.9 Å². The van der Waals surface area contributed by atoms with Crippen molar-refractivity contribution in [3.63, 3.8) is 0 Å². The average Bonchev–Trinajstić information content (AvgIpc) is 2.75. The van der Waals surface area contributed by atoms with E-state index in [4.69, 9.17) is 4.98 Å². The van der Waals surface area contributed by atoms with Gasteiger partial charge < -0.3 is 4.90 Å². The molecule has 2 heterocycles. The minimum Gasteiger partial charge on any atom is -0.370 e. The molecular weight excluding hydrogens is 336 g/mol. The van der Waals surface area contributed by atoms with Gasteiger partial charge in [0.25, 0.3) is 0 Å². The van der Waals surface area contributed by atoms with Crippen molar-refractivity contribution in [2.45, 2.75) is 72.1 Å². The molecule has 0 amide bonds. The maximum atomic E-state index is 4.72. The first-order valence-corrected chi connectivity index (χ1v) is 9.76. The molecule has 1 aromatic rings. The monoisotopic (exact) mass is 364 g/mol. The van der Waals surface area contributed by atoms with E-state index in [1.165, 1.54) is 79.5 Å². The Morgan fingerprint density at radius 3 is 2.36 bits per heavy atom. The van der Waals surface area contributed by atoms with E-state index in [0.29, 0.717) is 5.41 Å². The summed E-state index contributed by atoms with van der Waals surface area (Å²) in [7, 11) is 0. The van der Waals surface area contributed by atoms with Gasteiger partial charge in [-0.25, -0.2) is 0 Å². The molecular formula is C19H29BrN2. The summed E-state index contributed by atoms with van der Waals surface area (Å²) in [5, 5.41) is 0. The van der Waals surface area contributed by atoms with Crippen LogP contribution in [0.5, 0.6) is 0 Å². The largest absolute Gasteiger partial charge is 0.370 e. The molecule has 0 radical (unpaired) electrons. The van der Waals surface area contributed by atoms with E-state index in [9.17, 15) is 0 Å². The Balaban J connectivity index is 1.92. The predicted molar refractivity (Wildman–Crippen MR) is 97.8 cm³/mol. The number of aryl methyl sites for hydroxylation is 2. The van der Waals surface area contributed by atoms with E-state index in [0.717, 1.165) is 12.1 Å². The second-order valence-electron chi connectivity index (χ2n) is 7.36. The van der Waals surface area contributed by atoms with Gasteiger partial charge in [-0.05, 0) is 66.4 Å². The summed E-state index contributed by atoms with van der Waals surface area (Å²) in [6.45, 7) is 9.01. The van der Waals surface area contributed by atoms with Crippen LogP contribution < -0.4 is 4.90 Å². The minimum atomic E-state index is 0.589.